The first kappa shape index (κ1) is 25.8. The summed E-state index contributed by atoms with van der Waals surface area (Å²) >= 11 is 0. The van der Waals surface area contributed by atoms with Crippen LogP contribution in [0.2, 0.25) is 0 Å². The number of carbonyl (C=O) groups is 2. The molecule has 2 aliphatic heterocycles. The second-order valence-corrected chi connectivity index (χ2v) is 10.5. The van der Waals surface area contributed by atoms with E-state index in [0.717, 1.165) is 31.2 Å². The number of ether oxygens (including phenoxy) is 4. The standard InChI is InChI=1S/C25H30N2O8S/c1-17(24(28)26-15-18-7-9-20-22(13-18)34-16-33-20)35-25(29)19-8-10-21(32-2)23(14-19)36(30,31)27-11-5-3-4-6-12-27/h7-10,13-14,17H,3-6,11-12,15-16H2,1-2H3,(H,26,28). The molecular weight excluding hydrogens is 488 g/mol. The summed E-state index contributed by atoms with van der Waals surface area (Å²) in [6.45, 7) is 2.65. The van der Waals surface area contributed by atoms with Crippen molar-refractivity contribution in [3.05, 3.63) is 47.5 Å². The van der Waals surface area contributed by atoms with Gasteiger partial charge in [0.15, 0.2) is 17.6 Å². The second-order valence-electron chi connectivity index (χ2n) is 8.64. The van der Waals surface area contributed by atoms with Gasteiger partial charge in [-0.05, 0) is 55.7 Å². The molecule has 0 bridgehead atoms. The zero-order valence-corrected chi connectivity index (χ0v) is 21.1. The molecule has 1 amide bonds. The molecule has 10 nitrogen and oxygen atoms in total. The third-order valence-electron chi connectivity index (χ3n) is 6.14. The van der Waals surface area contributed by atoms with Crippen LogP contribution in [0.5, 0.6) is 17.2 Å². The molecule has 2 aromatic carbocycles. The number of hydrogen-bond donors (Lipinski definition) is 1. The highest BCUT2D eigenvalue weighted by Gasteiger charge is 2.30. The van der Waals surface area contributed by atoms with Crippen LogP contribution in [0.4, 0.5) is 0 Å². The Bertz CT molecular complexity index is 1220. The quantitative estimate of drug-likeness (QED) is 0.530. The van der Waals surface area contributed by atoms with Crippen molar-refractivity contribution in [3.63, 3.8) is 0 Å². The third kappa shape index (κ3) is 5.73. The van der Waals surface area contributed by atoms with E-state index in [9.17, 15) is 18.0 Å². The Morgan fingerprint density at radius 3 is 2.47 bits per heavy atom. The number of amides is 1. The van der Waals surface area contributed by atoms with Crippen LogP contribution in [0, 0.1) is 0 Å². The van der Waals surface area contributed by atoms with Gasteiger partial charge in [0.25, 0.3) is 5.91 Å². The van der Waals surface area contributed by atoms with Crippen LogP contribution in [-0.2, 0) is 26.1 Å². The molecule has 0 radical (unpaired) electrons. The monoisotopic (exact) mass is 518 g/mol. The Morgan fingerprint density at radius 1 is 1.03 bits per heavy atom. The molecule has 1 saturated heterocycles. The number of methoxy groups -OCH3 is 1. The maximum Gasteiger partial charge on any atom is 0.338 e. The van der Waals surface area contributed by atoms with E-state index in [2.05, 4.69) is 5.32 Å². The van der Waals surface area contributed by atoms with Crippen LogP contribution in [0.3, 0.4) is 0 Å². The fourth-order valence-corrected chi connectivity index (χ4v) is 5.79. The van der Waals surface area contributed by atoms with Crippen molar-refractivity contribution in [2.24, 2.45) is 0 Å². The van der Waals surface area contributed by atoms with Crippen molar-refractivity contribution in [2.75, 3.05) is 27.0 Å². The summed E-state index contributed by atoms with van der Waals surface area (Å²) in [6.07, 6.45) is 2.41. The van der Waals surface area contributed by atoms with E-state index in [1.165, 1.54) is 36.5 Å². The predicted octanol–water partition coefficient (Wildman–Crippen LogP) is 2.85. The van der Waals surface area contributed by atoms with Gasteiger partial charge < -0.3 is 24.3 Å². The Morgan fingerprint density at radius 2 is 1.75 bits per heavy atom. The molecule has 0 saturated carbocycles. The van der Waals surface area contributed by atoms with Crippen molar-refractivity contribution in [3.8, 4) is 17.2 Å². The lowest BCUT2D eigenvalue weighted by Crippen LogP contribution is -2.35. The number of nitrogens with one attached hydrogen (secondary N) is 1. The van der Waals surface area contributed by atoms with Crippen molar-refractivity contribution in [2.45, 2.75) is 50.2 Å². The number of nitrogens with zero attached hydrogens (tertiary/aromatic N) is 1. The van der Waals surface area contributed by atoms with Gasteiger partial charge in [-0.1, -0.05) is 18.9 Å². The van der Waals surface area contributed by atoms with E-state index in [0.29, 0.717) is 24.6 Å². The smallest absolute Gasteiger partial charge is 0.338 e. The molecule has 2 aliphatic rings. The number of esters is 1. The van der Waals surface area contributed by atoms with Crippen LogP contribution in [0.15, 0.2) is 41.3 Å². The zero-order chi connectivity index (χ0) is 25.7. The number of hydrogen-bond acceptors (Lipinski definition) is 8. The molecule has 2 aromatic rings. The number of carbonyl (C=O) groups excluding carboxylic acids is 2. The van der Waals surface area contributed by atoms with Crippen LogP contribution >= 0.6 is 0 Å². The van der Waals surface area contributed by atoms with Crippen LogP contribution in [0.25, 0.3) is 0 Å². The van der Waals surface area contributed by atoms with Gasteiger partial charge in [0.05, 0.1) is 12.7 Å². The van der Waals surface area contributed by atoms with Gasteiger partial charge in [-0.25, -0.2) is 13.2 Å². The van der Waals surface area contributed by atoms with E-state index in [1.54, 1.807) is 18.2 Å². The first-order valence-electron chi connectivity index (χ1n) is 11.8. The molecule has 4 rings (SSSR count). The Balaban J connectivity index is 1.42. The summed E-state index contributed by atoms with van der Waals surface area (Å²) in [7, 11) is -2.49. The maximum absolute atomic E-state index is 13.3. The van der Waals surface area contributed by atoms with Gasteiger partial charge in [0, 0.05) is 19.6 Å². The molecule has 0 spiro atoms. The van der Waals surface area contributed by atoms with Gasteiger partial charge in [0.2, 0.25) is 16.8 Å². The summed E-state index contributed by atoms with van der Waals surface area (Å²) < 4.78 is 49.3. The Kier molecular flexibility index (Phi) is 8.00. The summed E-state index contributed by atoms with van der Waals surface area (Å²) in [6, 6.07) is 9.41. The van der Waals surface area contributed by atoms with E-state index in [-0.39, 0.29) is 29.5 Å². The Hall–Kier alpha value is -3.31. The minimum absolute atomic E-state index is 0.0135. The molecule has 0 aromatic heterocycles. The van der Waals surface area contributed by atoms with E-state index in [4.69, 9.17) is 18.9 Å². The van der Waals surface area contributed by atoms with E-state index < -0.39 is 28.0 Å². The first-order chi connectivity index (χ1) is 17.3. The highest BCUT2D eigenvalue weighted by molar-refractivity contribution is 7.89. The second kappa shape index (κ2) is 11.2. The van der Waals surface area contributed by atoms with Crippen LogP contribution < -0.4 is 19.5 Å². The summed E-state index contributed by atoms with van der Waals surface area (Å²) in [5.74, 6) is 0.0868. The lowest BCUT2D eigenvalue weighted by atomic mass is 10.2. The van der Waals surface area contributed by atoms with Crippen LogP contribution in [-0.4, -0.2) is 57.7 Å². The molecular formula is C25H30N2O8S. The molecule has 11 heteroatoms. The summed E-state index contributed by atoms with van der Waals surface area (Å²) in [4.78, 5) is 25.2. The molecule has 1 N–H and O–H groups in total. The van der Waals surface area contributed by atoms with Crippen molar-refractivity contribution >= 4 is 21.9 Å². The topological polar surface area (TPSA) is 120 Å². The zero-order valence-electron chi connectivity index (χ0n) is 20.3. The van der Waals surface area contributed by atoms with Crippen molar-refractivity contribution in [1.29, 1.82) is 0 Å². The maximum atomic E-state index is 13.3. The lowest BCUT2D eigenvalue weighted by molar-refractivity contribution is -0.129. The van der Waals surface area contributed by atoms with Gasteiger partial charge in [-0.15, -0.1) is 0 Å². The van der Waals surface area contributed by atoms with E-state index >= 15 is 0 Å². The van der Waals surface area contributed by atoms with Gasteiger partial charge >= 0.3 is 5.97 Å². The fraction of sp³-hybridized carbons (Fsp3) is 0.440. The third-order valence-corrected chi connectivity index (χ3v) is 8.06. The SMILES string of the molecule is COc1ccc(C(=O)OC(C)C(=O)NCc2ccc3c(c2)OCO3)cc1S(=O)(=O)N1CCCCCC1. The summed E-state index contributed by atoms with van der Waals surface area (Å²) in [5, 5.41) is 2.71. The number of sulfonamides is 1. The minimum atomic E-state index is -3.87. The predicted molar refractivity (Wildman–Crippen MR) is 130 cm³/mol. The molecule has 1 unspecified atom stereocenters. The van der Waals surface area contributed by atoms with Crippen LogP contribution in [0.1, 0.15) is 48.5 Å². The summed E-state index contributed by atoms with van der Waals surface area (Å²) in [5.41, 5.74) is 0.809. The van der Waals surface area contributed by atoms with E-state index in [1.807, 2.05) is 0 Å². The largest absolute Gasteiger partial charge is 0.495 e. The number of fused-ring (bicyclic) bond motifs is 1. The van der Waals surface area contributed by atoms with Gasteiger partial charge in [-0.3, -0.25) is 4.79 Å². The molecule has 1 fully saturated rings. The Labute approximate surface area is 210 Å². The normalized spacial score (nSPS) is 16.6. The average molecular weight is 519 g/mol. The van der Waals surface area contributed by atoms with Gasteiger partial charge in [0.1, 0.15) is 10.6 Å². The van der Waals surface area contributed by atoms with Crippen molar-refractivity contribution in [1.82, 2.24) is 9.62 Å². The number of rotatable bonds is 8. The molecule has 0 aliphatic carbocycles. The fourth-order valence-electron chi connectivity index (χ4n) is 4.09. The molecule has 36 heavy (non-hydrogen) atoms. The minimum Gasteiger partial charge on any atom is -0.495 e. The molecule has 194 valence electrons. The first-order valence-corrected chi connectivity index (χ1v) is 13.3. The lowest BCUT2D eigenvalue weighted by Gasteiger charge is -2.21. The molecule has 1 atom stereocenters. The average Bonchev–Trinajstić information content (AvgIpc) is 3.17. The highest BCUT2D eigenvalue weighted by atomic mass is 32.2. The van der Waals surface area contributed by atoms with Crippen molar-refractivity contribution < 1.29 is 37.0 Å². The van der Waals surface area contributed by atoms with Gasteiger partial charge in [-0.2, -0.15) is 4.31 Å². The highest BCUT2D eigenvalue weighted by Crippen LogP contribution is 2.32. The number of benzene rings is 2. The molecule has 2 heterocycles.